The van der Waals surface area contributed by atoms with Gasteiger partial charge in [0.05, 0.1) is 24.7 Å². The minimum atomic E-state index is -0.351. The Labute approximate surface area is 164 Å². The van der Waals surface area contributed by atoms with E-state index in [2.05, 4.69) is 29.4 Å². The number of thioether (sulfide) groups is 1. The van der Waals surface area contributed by atoms with Gasteiger partial charge in [-0.15, -0.1) is 11.8 Å². The van der Waals surface area contributed by atoms with Crippen molar-refractivity contribution < 1.29 is 18.7 Å². The van der Waals surface area contributed by atoms with Crippen molar-refractivity contribution in [3.8, 4) is 0 Å². The molecule has 1 heterocycles. The van der Waals surface area contributed by atoms with E-state index in [1.54, 1.807) is 0 Å². The number of benzene rings is 1. The molecule has 1 fully saturated rings. The Morgan fingerprint density at radius 3 is 2.41 bits per heavy atom. The topological polar surface area (TPSA) is 70.7 Å². The van der Waals surface area contributed by atoms with Crippen LogP contribution in [0.1, 0.15) is 13.8 Å². The molecule has 2 rings (SSSR count). The van der Waals surface area contributed by atoms with Crippen LogP contribution in [0.15, 0.2) is 24.3 Å². The Balaban J connectivity index is 1.65. The lowest BCUT2D eigenvalue weighted by Crippen LogP contribution is -2.51. The summed E-state index contributed by atoms with van der Waals surface area (Å²) in [5.74, 6) is 0.182. The van der Waals surface area contributed by atoms with Crippen LogP contribution < -0.4 is 10.6 Å². The molecule has 1 aliphatic heterocycles. The van der Waals surface area contributed by atoms with Crippen molar-refractivity contribution in [1.82, 2.24) is 10.2 Å². The molecule has 2 amide bonds. The Morgan fingerprint density at radius 1 is 1.15 bits per heavy atom. The highest BCUT2D eigenvalue weighted by molar-refractivity contribution is 8.00. The first-order valence-electron chi connectivity index (χ1n) is 9.17. The zero-order chi connectivity index (χ0) is 19.6. The van der Waals surface area contributed by atoms with Gasteiger partial charge in [-0.3, -0.25) is 14.5 Å². The van der Waals surface area contributed by atoms with Crippen LogP contribution in [0.3, 0.4) is 0 Å². The molecule has 27 heavy (non-hydrogen) atoms. The van der Waals surface area contributed by atoms with E-state index in [9.17, 15) is 14.0 Å². The van der Waals surface area contributed by atoms with E-state index in [0.717, 1.165) is 26.3 Å². The number of carbonyl (C=O) groups is 2. The van der Waals surface area contributed by atoms with Crippen molar-refractivity contribution in [2.75, 3.05) is 49.7 Å². The van der Waals surface area contributed by atoms with Crippen molar-refractivity contribution in [3.63, 3.8) is 0 Å². The van der Waals surface area contributed by atoms with Gasteiger partial charge in [-0.1, -0.05) is 13.8 Å². The van der Waals surface area contributed by atoms with E-state index in [1.165, 1.54) is 36.0 Å². The number of anilines is 1. The van der Waals surface area contributed by atoms with Gasteiger partial charge >= 0.3 is 0 Å². The summed E-state index contributed by atoms with van der Waals surface area (Å²) >= 11 is 1.26. The molecule has 0 aliphatic carbocycles. The number of amides is 2. The lowest BCUT2D eigenvalue weighted by atomic mass is 10.0. The largest absolute Gasteiger partial charge is 0.379 e. The zero-order valence-corrected chi connectivity index (χ0v) is 16.7. The van der Waals surface area contributed by atoms with Crippen molar-refractivity contribution >= 4 is 29.3 Å². The molecule has 1 aliphatic rings. The monoisotopic (exact) mass is 397 g/mol. The Morgan fingerprint density at radius 2 is 1.78 bits per heavy atom. The first-order valence-corrected chi connectivity index (χ1v) is 10.3. The van der Waals surface area contributed by atoms with Gasteiger partial charge in [0.25, 0.3) is 0 Å². The lowest BCUT2D eigenvalue weighted by Gasteiger charge is -2.36. The smallest absolute Gasteiger partial charge is 0.234 e. The maximum absolute atomic E-state index is 12.8. The molecule has 1 unspecified atom stereocenters. The minimum absolute atomic E-state index is 0.0755. The van der Waals surface area contributed by atoms with Gasteiger partial charge in [0.15, 0.2) is 0 Å². The third-order valence-electron chi connectivity index (χ3n) is 4.39. The molecule has 6 nitrogen and oxygen atoms in total. The predicted octanol–water partition coefficient (Wildman–Crippen LogP) is 1.97. The van der Waals surface area contributed by atoms with E-state index in [-0.39, 0.29) is 35.2 Å². The summed E-state index contributed by atoms with van der Waals surface area (Å²) in [5, 5.41) is 5.65. The highest BCUT2D eigenvalue weighted by Crippen LogP contribution is 2.13. The molecule has 1 aromatic rings. The summed E-state index contributed by atoms with van der Waals surface area (Å²) in [6.45, 7) is 8.14. The molecule has 0 bridgehead atoms. The molecule has 150 valence electrons. The van der Waals surface area contributed by atoms with Crippen LogP contribution in [-0.2, 0) is 14.3 Å². The van der Waals surface area contributed by atoms with Gasteiger partial charge in [0.1, 0.15) is 5.82 Å². The number of carbonyl (C=O) groups excluding carboxylic acids is 2. The normalized spacial score (nSPS) is 16.1. The number of hydrogen-bond donors (Lipinski definition) is 2. The van der Waals surface area contributed by atoms with Crippen molar-refractivity contribution in [2.45, 2.75) is 19.9 Å². The number of rotatable bonds is 9. The molecule has 1 aromatic carbocycles. The summed E-state index contributed by atoms with van der Waals surface area (Å²) in [7, 11) is 0. The molecule has 2 N–H and O–H groups in total. The van der Waals surface area contributed by atoms with E-state index in [1.807, 2.05) is 0 Å². The number of hydrogen-bond acceptors (Lipinski definition) is 5. The van der Waals surface area contributed by atoms with E-state index in [0.29, 0.717) is 18.2 Å². The van der Waals surface area contributed by atoms with Crippen molar-refractivity contribution in [3.05, 3.63) is 30.1 Å². The fourth-order valence-corrected chi connectivity index (χ4v) is 3.58. The second-order valence-corrected chi connectivity index (χ2v) is 7.80. The molecular formula is C19H28FN3O3S. The number of halogens is 1. The molecule has 0 saturated carbocycles. The van der Waals surface area contributed by atoms with Gasteiger partial charge in [-0.25, -0.2) is 4.39 Å². The average Bonchev–Trinajstić information content (AvgIpc) is 2.64. The first kappa shape index (κ1) is 21.7. The summed E-state index contributed by atoms with van der Waals surface area (Å²) in [4.78, 5) is 26.3. The third-order valence-corrected chi connectivity index (χ3v) is 5.32. The molecular weight excluding hydrogens is 369 g/mol. The van der Waals surface area contributed by atoms with Crippen LogP contribution in [0.4, 0.5) is 10.1 Å². The number of nitrogens with zero attached hydrogens (tertiary/aromatic N) is 1. The molecule has 0 spiro atoms. The Bertz CT molecular complexity index is 607. The quantitative estimate of drug-likeness (QED) is 0.667. The number of ether oxygens (including phenoxy) is 1. The fraction of sp³-hybridized carbons (Fsp3) is 0.579. The fourth-order valence-electron chi connectivity index (χ4n) is 2.93. The molecule has 0 radical (unpaired) electrons. The second-order valence-electron chi connectivity index (χ2n) is 6.81. The van der Waals surface area contributed by atoms with Crippen molar-refractivity contribution in [2.24, 2.45) is 5.92 Å². The van der Waals surface area contributed by atoms with E-state index >= 15 is 0 Å². The summed E-state index contributed by atoms with van der Waals surface area (Å²) in [6.07, 6.45) is 0. The highest BCUT2D eigenvalue weighted by atomic mass is 32.2. The van der Waals surface area contributed by atoms with E-state index < -0.39 is 0 Å². The van der Waals surface area contributed by atoms with Crippen LogP contribution in [0.2, 0.25) is 0 Å². The summed E-state index contributed by atoms with van der Waals surface area (Å²) in [5.41, 5.74) is 0.539. The minimum Gasteiger partial charge on any atom is -0.379 e. The average molecular weight is 398 g/mol. The van der Waals surface area contributed by atoms with Gasteiger partial charge in [-0.05, 0) is 30.2 Å². The molecule has 1 saturated heterocycles. The third kappa shape index (κ3) is 7.86. The lowest BCUT2D eigenvalue weighted by molar-refractivity contribution is -0.119. The van der Waals surface area contributed by atoms with Gasteiger partial charge in [0.2, 0.25) is 11.8 Å². The van der Waals surface area contributed by atoms with Crippen LogP contribution >= 0.6 is 11.8 Å². The molecule has 0 aromatic heterocycles. The summed E-state index contributed by atoms with van der Waals surface area (Å²) < 4.78 is 18.2. The van der Waals surface area contributed by atoms with Crippen LogP contribution in [-0.4, -0.2) is 67.1 Å². The standard InChI is InChI=1S/C19H28FN3O3S/c1-14(2)17(23-7-9-26-10-8-23)11-21-18(24)12-27-13-19(25)22-16-5-3-15(20)4-6-16/h3-6,14,17H,7-13H2,1-2H3,(H,21,24)(H,22,25). The molecule has 8 heteroatoms. The number of morpholine rings is 1. The van der Waals surface area contributed by atoms with Gasteiger partial charge in [0, 0.05) is 31.4 Å². The Hall–Kier alpha value is -1.64. The number of nitrogens with one attached hydrogen (secondary N) is 2. The highest BCUT2D eigenvalue weighted by Gasteiger charge is 2.24. The zero-order valence-electron chi connectivity index (χ0n) is 15.9. The van der Waals surface area contributed by atoms with E-state index in [4.69, 9.17) is 4.74 Å². The second kappa shape index (κ2) is 11.3. The van der Waals surface area contributed by atoms with Gasteiger partial charge in [-0.2, -0.15) is 0 Å². The predicted molar refractivity (Wildman–Crippen MR) is 106 cm³/mol. The first-order chi connectivity index (χ1) is 13.0. The van der Waals surface area contributed by atoms with Gasteiger partial charge < -0.3 is 15.4 Å². The van der Waals surface area contributed by atoms with Crippen LogP contribution in [0.25, 0.3) is 0 Å². The maximum Gasteiger partial charge on any atom is 0.234 e. The van der Waals surface area contributed by atoms with Crippen molar-refractivity contribution in [1.29, 1.82) is 0 Å². The van der Waals surface area contributed by atoms with Crippen LogP contribution in [0.5, 0.6) is 0 Å². The molecule has 1 atom stereocenters. The maximum atomic E-state index is 12.8. The summed E-state index contributed by atoms with van der Waals surface area (Å²) in [6, 6.07) is 5.86. The SMILES string of the molecule is CC(C)C(CNC(=O)CSCC(=O)Nc1ccc(F)cc1)N1CCOCC1. The van der Waals surface area contributed by atoms with Crippen LogP contribution in [0, 0.1) is 11.7 Å². The Kier molecular flexibility index (Phi) is 9.03.